The third-order valence-corrected chi connectivity index (χ3v) is 4.91. The Morgan fingerprint density at radius 3 is 2.72 bits per heavy atom. The Balaban J connectivity index is 1.64. The third-order valence-electron chi connectivity index (χ3n) is 3.89. The van der Waals surface area contributed by atoms with Crippen molar-refractivity contribution in [1.82, 2.24) is 9.88 Å². The Morgan fingerprint density at radius 1 is 1.20 bits per heavy atom. The molecule has 0 saturated carbocycles. The lowest BCUT2D eigenvalue weighted by Crippen LogP contribution is -2.32. The van der Waals surface area contributed by atoms with Crippen molar-refractivity contribution in [3.8, 4) is 5.75 Å². The van der Waals surface area contributed by atoms with Crippen molar-refractivity contribution in [1.29, 1.82) is 0 Å². The van der Waals surface area contributed by atoms with Crippen LogP contribution in [-0.2, 0) is 11.3 Å². The first-order valence-electron chi connectivity index (χ1n) is 8.19. The minimum atomic E-state index is -0.0625. The lowest BCUT2D eigenvalue weighted by Gasteiger charge is -2.19. The number of benzene rings is 2. The smallest absolute Gasteiger partial charge is 0.238 e. The summed E-state index contributed by atoms with van der Waals surface area (Å²) >= 11 is 1.67. The first-order chi connectivity index (χ1) is 12.2. The summed E-state index contributed by atoms with van der Waals surface area (Å²) < 4.78 is 6.44. The molecule has 0 aliphatic rings. The second-order valence-electron chi connectivity index (χ2n) is 5.63. The van der Waals surface area contributed by atoms with Crippen molar-refractivity contribution < 1.29 is 9.53 Å². The predicted molar refractivity (Wildman–Crippen MR) is 102 cm³/mol. The summed E-state index contributed by atoms with van der Waals surface area (Å²) in [5.41, 5.74) is 1.70. The fraction of sp³-hybridized carbons (Fsp3) is 0.263. The van der Waals surface area contributed by atoms with Crippen LogP contribution in [0.5, 0.6) is 5.75 Å². The Morgan fingerprint density at radius 2 is 1.96 bits per heavy atom. The zero-order valence-corrected chi connectivity index (χ0v) is 15.2. The zero-order valence-electron chi connectivity index (χ0n) is 14.4. The number of anilines is 1. The number of para-hydroxylation sites is 3. The van der Waals surface area contributed by atoms with Crippen LogP contribution in [0.25, 0.3) is 10.2 Å². The van der Waals surface area contributed by atoms with Gasteiger partial charge in [-0.15, -0.1) is 11.3 Å². The molecule has 0 spiro atoms. The SMILES string of the molecule is CCN(CC(=O)Nc1ccccc1OC)Cc1nc2ccccc2s1. The van der Waals surface area contributed by atoms with E-state index in [2.05, 4.69) is 21.3 Å². The van der Waals surface area contributed by atoms with Gasteiger partial charge in [-0.25, -0.2) is 4.98 Å². The predicted octanol–water partition coefficient (Wildman–Crippen LogP) is 3.77. The molecule has 5 nitrogen and oxygen atoms in total. The maximum absolute atomic E-state index is 12.4. The van der Waals surface area contributed by atoms with Crippen molar-refractivity contribution in [2.24, 2.45) is 0 Å². The molecule has 25 heavy (non-hydrogen) atoms. The van der Waals surface area contributed by atoms with E-state index in [9.17, 15) is 4.79 Å². The van der Waals surface area contributed by atoms with Crippen LogP contribution < -0.4 is 10.1 Å². The number of thiazole rings is 1. The molecule has 0 aliphatic carbocycles. The molecule has 0 fully saturated rings. The molecule has 1 amide bonds. The van der Waals surface area contributed by atoms with Gasteiger partial charge in [0.05, 0.1) is 36.1 Å². The zero-order chi connectivity index (χ0) is 17.6. The number of rotatable bonds is 7. The molecule has 130 valence electrons. The topological polar surface area (TPSA) is 54.5 Å². The van der Waals surface area contributed by atoms with E-state index in [-0.39, 0.29) is 5.91 Å². The minimum Gasteiger partial charge on any atom is -0.495 e. The van der Waals surface area contributed by atoms with E-state index in [4.69, 9.17) is 4.74 Å². The van der Waals surface area contributed by atoms with E-state index in [1.807, 2.05) is 49.4 Å². The Labute approximate surface area is 151 Å². The highest BCUT2D eigenvalue weighted by Gasteiger charge is 2.14. The molecule has 0 bridgehead atoms. The number of likely N-dealkylation sites (N-methyl/N-ethyl adjacent to an activating group) is 1. The average molecular weight is 355 g/mol. The number of carbonyl (C=O) groups excluding carboxylic acids is 1. The standard InChI is InChI=1S/C19H21N3O2S/c1-3-22(13-19-21-15-9-5-7-11-17(15)25-19)12-18(23)20-14-8-4-6-10-16(14)24-2/h4-11H,3,12-13H2,1-2H3,(H,20,23). The normalized spacial score (nSPS) is 11.0. The first kappa shape index (κ1) is 17.4. The number of aromatic nitrogens is 1. The molecule has 2 aromatic carbocycles. The molecule has 0 atom stereocenters. The maximum atomic E-state index is 12.4. The van der Waals surface area contributed by atoms with E-state index in [0.29, 0.717) is 24.5 Å². The number of fused-ring (bicyclic) bond motifs is 1. The van der Waals surface area contributed by atoms with Gasteiger partial charge >= 0.3 is 0 Å². The number of nitrogens with one attached hydrogen (secondary N) is 1. The van der Waals surface area contributed by atoms with Crippen molar-refractivity contribution >= 4 is 33.1 Å². The summed E-state index contributed by atoms with van der Waals surface area (Å²) in [4.78, 5) is 19.1. The van der Waals surface area contributed by atoms with Crippen LogP contribution in [0.2, 0.25) is 0 Å². The van der Waals surface area contributed by atoms with Crippen LogP contribution in [-0.4, -0.2) is 36.0 Å². The highest BCUT2D eigenvalue weighted by atomic mass is 32.1. The van der Waals surface area contributed by atoms with Crippen molar-refractivity contribution in [3.63, 3.8) is 0 Å². The number of nitrogens with zero attached hydrogens (tertiary/aromatic N) is 2. The van der Waals surface area contributed by atoms with Crippen LogP contribution in [0.3, 0.4) is 0 Å². The van der Waals surface area contributed by atoms with Crippen molar-refractivity contribution in [2.45, 2.75) is 13.5 Å². The first-order valence-corrected chi connectivity index (χ1v) is 9.01. The Hall–Kier alpha value is -2.44. The molecule has 0 radical (unpaired) electrons. The van der Waals surface area contributed by atoms with Crippen LogP contribution >= 0.6 is 11.3 Å². The summed E-state index contributed by atoms with van der Waals surface area (Å²) in [6.07, 6.45) is 0. The second-order valence-corrected chi connectivity index (χ2v) is 6.74. The second kappa shape index (κ2) is 8.09. The van der Waals surface area contributed by atoms with Gasteiger partial charge < -0.3 is 10.1 Å². The van der Waals surface area contributed by atoms with Gasteiger partial charge in [0.2, 0.25) is 5.91 Å². The summed E-state index contributed by atoms with van der Waals surface area (Å²) in [7, 11) is 1.59. The van der Waals surface area contributed by atoms with Crippen LogP contribution in [0.1, 0.15) is 11.9 Å². The molecular weight excluding hydrogens is 334 g/mol. The van der Waals surface area contributed by atoms with Gasteiger partial charge in [0, 0.05) is 0 Å². The molecule has 0 unspecified atom stereocenters. The highest BCUT2D eigenvalue weighted by Crippen LogP contribution is 2.24. The average Bonchev–Trinajstić information content (AvgIpc) is 3.03. The third kappa shape index (κ3) is 4.35. The summed E-state index contributed by atoms with van der Waals surface area (Å²) in [5.74, 6) is 0.595. The highest BCUT2D eigenvalue weighted by molar-refractivity contribution is 7.18. The monoisotopic (exact) mass is 355 g/mol. The molecule has 6 heteroatoms. The molecular formula is C19H21N3O2S. The lowest BCUT2D eigenvalue weighted by atomic mass is 10.3. The Bertz CT molecular complexity index is 830. The van der Waals surface area contributed by atoms with Gasteiger partial charge in [-0.2, -0.15) is 0 Å². The van der Waals surface area contributed by atoms with Crippen LogP contribution in [0.4, 0.5) is 5.69 Å². The van der Waals surface area contributed by atoms with Crippen molar-refractivity contribution in [2.75, 3.05) is 25.5 Å². The maximum Gasteiger partial charge on any atom is 0.238 e. The fourth-order valence-electron chi connectivity index (χ4n) is 2.60. The molecule has 1 heterocycles. The molecule has 3 aromatic rings. The van der Waals surface area contributed by atoms with Crippen LogP contribution in [0.15, 0.2) is 48.5 Å². The van der Waals surface area contributed by atoms with E-state index >= 15 is 0 Å². The molecule has 1 aromatic heterocycles. The van der Waals surface area contributed by atoms with Gasteiger partial charge in [-0.3, -0.25) is 9.69 Å². The van der Waals surface area contributed by atoms with Crippen molar-refractivity contribution in [3.05, 3.63) is 53.5 Å². The largest absolute Gasteiger partial charge is 0.495 e. The number of ether oxygens (including phenoxy) is 1. The van der Waals surface area contributed by atoms with Gasteiger partial charge in [-0.05, 0) is 30.8 Å². The van der Waals surface area contributed by atoms with E-state index in [1.165, 1.54) is 4.70 Å². The lowest BCUT2D eigenvalue weighted by molar-refractivity contribution is -0.117. The van der Waals surface area contributed by atoms with E-state index in [0.717, 1.165) is 17.1 Å². The van der Waals surface area contributed by atoms with Crippen LogP contribution in [0, 0.1) is 0 Å². The van der Waals surface area contributed by atoms with E-state index < -0.39 is 0 Å². The Kier molecular flexibility index (Phi) is 5.63. The molecule has 3 rings (SSSR count). The summed E-state index contributed by atoms with van der Waals surface area (Å²) in [5, 5.41) is 3.94. The number of carbonyl (C=O) groups is 1. The molecule has 0 saturated heterocycles. The molecule has 0 aliphatic heterocycles. The number of methoxy groups -OCH3 is 1. The van der Waals surface area contributed by atoms with Gasteiger partial charge in [0.15, 0.2) is 0 Å². The molecule has 1 N–H and O–H groups in total. The number of hydrogen-bond acceptors (Lipinski definition) is 5. The van der Waals surface area contributed by atoms with Gasteiger partial charge in [0.1, 0.15) is 10.8 Å². The quantitative estimate of drug-likeness (QED) is 0.701. The number of amides is 1. The fourth-order valence-corrected chi connectivity index (χ4v) is 3.61. The number of hydrogen-bond donors (Lipinski definition) is 1. The van der Waals surface area contributed by atoms with Gasteiger partial charge in [0.25, 0.3) is 0 Å². The van der Waals surface area contributed by atoms with Gasteiger partial charge in [-0.1, -0.05) is 31.2 Å². The summed E-state index contributed by atoms with van der Waals surface area (Å²) in [6.45, 7) is 3.79. The van der Waals surface area contributed by atoms with E-state index in [1.54, 1.807) is 18.4 Å². The summed E-state index contributed by atoms with van der Waals surface area (Å²) in [6, 6.07) is 15.5. The minimum absolute atomic E-state index is 0.0625.